The van der Waals surface area contributed by atoms with Gasteiger partial charge in [0.1, 0.15) is 12.4 Å². The minimum atomic E-state index is -0.205. The van der Waals surface area contributed by atoms with Crippen LogP contribution in [0.2, 0.25) is 0 Å². The van der Waals surface area contributed by atoms with Crippen molar-refractivity contribution < 1.29 is 14.1 Å². The summed E-state index contributed by atoms with van der Waals surface area (Å²) in [6.07, 6.45) is 0. The molecule has 7 heteroatoms. The number of carbonyl (C=O) groups is 1. The normalized spacial score (nSPS) is 11.2. The number of benzene rings is 3. The Labute approximate surface area is 218 Å². The minimum absolute atomic E-state index is 0.205. The smallest absolute Gasteiger partial charge is 0.259 e. The van der Waals surface area contributed by atoms with Crippen LogP contribution >= 0.6 is 0 Å². The summed E-state index contributed by atoms with van der Waals surface area (Å²) in [5, 5.41) is 7.03. The lowest BCUT2D eigenvalue weighted by molar-refractivity contribution is 0.102. The van der Waals surface area contributed by atoms with E-state index in [1.807, 2.05) is 86.6 Å². The fourth-order valence-electron chi connectivity index (χ4n) is 4.03. The zero-order valence-electron chi connectivity index (χ0n) is 22.3. The summed E-state index contributed by atoms with van der Waals surface area (Å²) in [6.45, 7) is 9.31. The Morgan fingerprint density at radius 2 is 1.73 bits per heavy atom. The number of rotatable bonds is 9. The molecule has 4 aromatic rings. The Balaban J connectivity index is 1.62. The second-order valence-electron chi connectivity index (χ2n) is 9.76. The molecular weight excluding hydrogens is 464 g/mol. The van der Waals surface area contributed by atoms with Gasteiger partial charge in [0.2, 0.25) is 11.7 Å². The van der Waals surface area contributed by atoms with Gasteiger partial charge in [-0.3, -0.25) is 4.79 Å². The zero-order valence-corrected chi connectivity index (χ0v) is 22.3. The van der Waals surface area contributed by atoms with Crippen LogP contribution in [-0.4, -0.2) is 48.2 Å². The fourth-order valence-corrected chi connectivity index (χ4v) is 4.03. The van der Waals surface area contributed by atoms with Crippen LogP contribution in [0, 0.1) is 13.8 Å². The Morgan fingerprint density at radius 1 is 1.00 bits per heavy atom. The second-order valence-corrected chi connectivity index (χ2v) is 9.76. The van der Waals surface area contributed by atoms with Gasteiger partial charge in [0, 0.05) is 24.7 Å². The maximum atomic E-state index is 13.2. The molecule has 0 aliphatic heterocycles. The monoisotopic (exact) mass is 498 g/mol. The van der Waals surface area contributed by atoms with E-state index < -0.39 is 0 Å². The van der Waals surface area contributed by atoms with Gasteiger partial charge in [0.05, 0.1) is 5.56 Å². The maximum Gasteiger partial charge on any atom is 0.259 e. The van der Waals surface area contributed by atoms with E-state index in [-0.39, 0.29) is 5.91 Å². The summed E-state index contributed by atoms with van der Waals surface area (Å²) in [4.78, 5) is 19.6. The quantitative estimate of drug-likeness (QED) is 0.290. The van der Waals surface area contributed by atoms with Crippen molar-refractivity contribution in [2.45, 2.75) is 33.6 Å². The first kappa shape index (κ1) is 26.1. The highest BCUT2D eigenvalue weighted by Crippen LogP contribution is 2.32. The molecule has 1 amide bonds. The molecule has 7 nitrogen and oxygen atoms in total. The zero-order chi connectivity index (χ0) is 26.5. The largest absolute Gasteiger partial charge is 0.491 e. The molecule has 0 fully saturated rings. The van der Waals surface area contributed by atoms with E-state index in [4.69, 9.17) is 9.26 Å². The molecule has 1 heterocycles. The third-order valence-corrected chi connectivity index (χ3v) is 6.18. The van der Waals surface area contributed by atoms with E-state index in [1.165, 1.54) is 5.56 Å². The minimum Gasteiger partial charge on any atom is -0.491 e. The average Bonchev–Trinajstić information content (AvgIpc) is 3.30. The number of aryl methyl sites for hydroxylation is 2. The third-order valence-electron chi connectivity index (χ3n) is 6.18. The Bertz CT molecular complexity index is 1370. The number of hydrogen-bond acceptors (Lipinski definition) is 6. The van der Waals surface area contributed by atoms with E-state index in [9.17, 15) is 4.79 Å². The number of amides is 1. The summed E-state index contributed by atoms with van der Waals surface area (Å²) in [6, 6.07) is 19.7. The highest BCUT2D eigenvalue weighted by molar-refractivity contribution is 6.06. The predicted molar refractivity (Wildman–Crippen MR) is 147 cm³/mol. The predicted octanol–water partition coefficient (Wildman–Crippen LogP) is 6.34. The van der Waals surface area contributed by atoms with Crippen LogP contribution < -0.4 is 10.1 Å². The molecule has 3 aromatic carbocycles. The molecule has 0 spiro atoms. The topological polar surface area (TPSA) is 80.5 Å². The van der Waals surface area contributed by atoms with Crippen LogP contribution in [0.3, 0.4) is 0 Å². The highest BCUT2D eigenvalue weighted by Gasteiger charge is 2.16. The van der Waals surface area contributed by atoms with Crippen LogP contribution in [0.15, 0.2) is 65.2 Å². The molecule has 0 aliphatic rings. The van der Waals surface area contributed by atoms with E-state index >= 15 is 0 Å². The van der Waals surface area contributed by atoms with E-state index in [2.05, 4.69) is 29.3 Å². The number of hydrogen-bond donors (Lipinski definition) is 1. The molecule has 0 saturated carbocycles. The van der Waals surface area contributed by atoms with Crippen LogP contribution in [0.25, 0.3) is 22.5 Å². The van der Waals surface area contributed by atoms with Crippen LogP contribution in [0.1, 0.15) is 47.1 Å². The van der Waals surface area contributed by atoms with Gasteiger partial charge in [-0.15, -0.1) is 0 Å². The molecule has 4 rings (SSSR count). The van der Waals surface area contributed by atoms with Gasteiger partial charge in [-0.2, -0.15) is 4.98 Å². The molecule has 37 heavy (non-hydrogen) atoms. The van der Waals surface area contributed by atoms with Crippen molar-refractivity contribution in [3.63, 3.8) is 0 Å². The summed E-state index contributed by atoms with van der Waals surface area (Å²) >= 11 is 0. The summed E-state index contributed by atoms with van der Waals surface area (Å²) in [7, 11) is 3.98. The summed E-state index contributed by atoms with van der Waals surface area (Å²) in [5.41, 5.74) is 6.42. The molecule has 0 unspecified atom stereocenters. The number of likely N-dealkylation sites (N-methyl/N-ethyl adjacent to an activating group) is 1. The van der Waals surface area contributed by atoms with Crippen molar-refractivity contribution in [3.8, 4) is 28.3 Å². The molecule has 192 valence electrons. The molecule has 0 aliphatic carbocycles. The second kappa shape index (κ2) is 11.4. The lowest BCUT2D eigenvalue weighted by atomic mass is 9.96. The first-order chi connectivity index (χ1) is 17.7. The van der Waals surface area contributed by atoms with Gasteiger partial charge in [-0.05, 0) is 79.5 Å². The number of anilines is 1. The summed E-state index contributed by atoms with van der Waals surface area (Å²) in [5.74, 6) is 1.87. The molecule has 0 radical (unpaired) electrons. The van der Waals surface area contributed by atoms with Gasteiger partial charge in [-0.25, -0.2) is 0 Å². The van der Waals surface area contributed by atoms with Crippen LogP contribution in [0.4, 0.5) is 5.69 Å². The Kier molecular flexibility index (Phi) is 8.04. The van der Waals surface area contributed by atoms with E-state index in [0.717, 1.165) is 34.5 Å². The number of nitrogens with one attached hydrogen (secondary N) is 1. The number of nitrogens with zero attached hydrogens (tertiary/aromatic N) is 3. The third kappa shape index (κ3) is 6.43. The van der Waals surface area contributed by atoms with Crippen LogP contribution in [-0.2, 0) is 0 Å². The molecule has 0 saturated heterocycles. The van der Waals surface area contributed by atoms with Crippen molar-refractivity contribution in [2.75, 3.05) is 32.6 Å². The van der Waals surface area contributed by atoms with Crippen molar-refractivity contribution in [1.29, 1.82) is 0 Å². The number of ether oxygens (including phenoxy) is 1. The molecule has 1 aromatic heterocycles. The lowest BCUT2D eigenvalue weighted by Crippen LogP contribution is -2.21. The molecule has 0 atom stereocenters. The van der Waals surface area contributed by atoms with Crippen molar-refractivity contribution >= 4 is 11.6 Å². The molecule has 0 bridgehead atoms. The summed E-state index contributed by atoms with van der Waals surface area (Å²) < 4.78 is 11.2. The average molecular weight is 499 g/mol. The fraction of sp³-hybridized carbons (Fsp3) is 0.300. The molecular formula is C30H34N4O3. The van der Waals surface area contributed by atoms with Gasteiger partial charge in [0.15, 0.2) is 0 Å². The van der Waals surface area contributed by atoms with Crippen molar-refractivity contribution in [1.82, 2.24) is 15.0 Å². The van der Waals surface area contributed by atoms with Crippen molar-refractivity contribution in [3.05, 3.63) is 83.2 Å². The Hall–Kier alpha value is -3.97. The van der Waals surface area contributed by atoms with Crippen LogP contribution in [0.5, 0.6) is 5.75 Å². The maximum absolute atomic E-state index is 13.2. The van der Waals surface area contributed by atoms with E-state index in [1.54, 1.807) is 6.92 Å². The standard InChI is InChI=1S/C30H34N4O3/c1-19(2)22-7-11-25(12-8-22)32-30(35)27-14-9-23(18-28(27)36-16-15-34(5)6)26-13-10-24(17-20(26)3)29-31-21(4)37-33-29/h7-14,17-19H,15-16H2,1-6H3,(H,32,35). The Morgan fingerprint density at radius 3 is 2.35 bits per heavy atom. The van der Waals surface area contributed by atoms with Gasteiger partial charge in [-0.1, -0.05) is 49.3 Å². The van der Waals surface area contributed by atoms with E-state index in [0.29, 0.717) is 35.6 Å². The van der Waals surface area contributed by atoms with Gasteiger partial charge < -0.3 is 19.5 Å². The highest BCUT2D eigenvalue weighted by atomic mass is 16.5. The van der Waals surface area contributed by atoms with Gasteiger partial charge in [0.25, 0.3) is 5.91 Å². The number of carbonyl (C=O) groups excluding carboxylic acids is 1. The van der Waals surface area contributed by atoms with Crippen molar-refractivity contribution in [2.24, 2.45) is 0 Å². The number of aromatic nitrogens is 2. The SMILES string of the molecule is Cc1nc(-c2ccc(-c3ccc(C(=O)Nc4ccc(C(C)C)cc4)c(OCCN(C)C)c3)c(C)c2)no1. The first-order valence-corrected chi connectivity index (χ1v) is 12.5. The van der Waals surface area contributed by atoms with Gasteiger partial charge >= 0.3 is 0 Å². The molecule has 1 N–H and O–H groups in total. The lowest BCUT2D eigenvalue weighted by Gasteiger charge is -2.16. The first-order valence-electron chi connectivity index (χ1n) is 12.5.